The number of hydroxylamine groups is 1. The molecule has 2 aliphatic heterocycles. The molecule has 2 aromatic carbocycles. The summed E-state index contributed by atoms with van der Waals surface area (Å²) in [4.78, 5) is 33.8. The van der Waals surface area contributed by atoms with Crippen molar-refractivity contribution in [2.24, 2.45) is 5.92 Å². The van der Waals surface area contributed by atoms with Gasteiger partial charge < -0.3 is 9.15 Å². The van der Waals surface area contributed by atoms with Crippen molar-refractivity contribution in [1.82, 2.24) is 0 Å². The number of amides is 2. The van der Waals surface area contributed by atoms with E-state index in [1.807, 2.05) is 30.3 Å². The largest absolute Gasteiger partial charge is 0.497 e. The van der Waals surface area contributed by atoms with E-state index in [0.717, 1.165) is 5.69 Å². The predicted molar refractivity (Wildman–Crippen MR) is 104 cm³/mol. The summed E-state index contributed by atoms with van der Waals surface area (Å²) in [5.41, 5.74) is 1.21. The number of fused-ring (bicyclic) bond motifs is 1. The summed E-state index contributed by atoms with van der Waals surface area (Å²) in [6.45, 7) is 0. The van der Waals surface area contributed by atoms with Gasteiger partial charge in [0.25, 0.3) is 5.91 Å². The average molecular weight is 390 g/mol. The van der Waals surface area contributed by atoms with Crippen molar-refractivity contribution in [3.63, 3.8) is 0 Å². The van der Waals surface area contributed by atoms with Gasteiger partial charge in [-0.3, -0.25) is 14.4 Å². The summed E-state index contributed by atoms with van der Waals surface area (Å²) in [5.74, 6) is -0.319. The van der Waals surface area contributed by atoms with Gasteiger partial charge in [-0.2, -0.15) is 0 Å². The van der Waals surface area contributed by atoms with Crippen molar-refractivity contribution in [1.29, 1.82) is 0 Å². The summed E-state index contributed by atoms with van der Waals surface area (Å²) in [6, 6.07) is 19.2. The van der Waals surface area contributed by atoms with Gasteiger partial charge in [-0.25, -0.2) is 9.96 Å². The van der Waals surface area contributed by atoms with E-state index in [1.165, 1.54) is 12.0 Å². The third-order valence-electron chi connectivity index (χ3n) is 5.27. The first-order valence-corrected chi connectivity index (χ1v) is 9.25. The van der Waals surface area contributed by atoms with Crippen molar-refractivity contribution in [2.45, 2.75) is 12.1 Å². The molecule has 0 N–H and O–H groups in total. The molecule has 3 heterocycles. The monoisotopic (exact) mass is 390 g/mol. The third kappa shape index (κ3) is 2.70. The smallest absolute Gasteiger partial charge is 0.266 e. The fraction of sp³-hybridized carbons (Fsp3) is 0.182. The van der Waals surface area contributed by atoms with E-state index in [2.05, 4.69) is 0 Å². The first kappa shape index (κ1) is 17.5. The quantitative estimate of drug-likeness (QED) is 0.637. The van der Waals surface area contributed by atoms with Crippen LogP contribution in [-0.4, -0.2) is 25.0 Å². The number of methoxy groups -OCH3 is 1. The second-order valence-electron chi connectivity index (χ2n) is 6.89. The first-order chi connectivity index (χ1) is 14.2. The van der Waals surface area contributed by atoms with Crippen LogP contribution in [0.2, 0.25) is 0 Å². The van der Waals surface area contributed by atoms with Gasteiger partial charge in [0.1, 0.15) is 23.5 Å². The molecular formula is C22H18N2O5. The number of hydrogen-bond acceptors (Lipinski definition) is 6. The molecule has 2 amide bonds. The molecule has 7 heteroatoms. The van der Waals surface area contributed by atoms with Crippen LogP contribution in [0.5, 0.6) is 5.75 Å². The highest BCUT2D eigenvalue weighted by Crippen LogP contribution is 2.47. The number of carbonyl (C=O) groups excluding carboxylic acids is 2. The summed E-state index contributed by atoms with van der Waals surface area (Å²) < 4.78 is 10.8. The van der Waals surface area contributed by atoms with Gasteiger partial charge in [0.2, 0.25) is 5.91 Å². The van der Waals surface area contributed by atoms with Crippen molar-refractivity contribution < 1.29 is 23.6 Å². The highest BCUT2D eigenvalue weighted by Gasteiger charge is 2.61. The number of anilines is 2. The Morgan fingerprint density at radius 1 is 0.897 bits per heavy atom. The van der Waals surface area contributed by atoms with E-state index in [-0.39, 0.29) is 5.91 Å². The normalized spacial score (nSPS) is 23.6. The Labute approximate surface area is 167 Å². The predicted octanol–water partition coefficient (Wildman–Crippen LogP) is 3.34. The number of para-hydroxylation sites is 1. The molecule has 1 aromatic heterocycles. The summed E-state index contributed by atoms with van der Waals surface area (Å²) >= 11 is 0. The van der Waals surface area contributed by atoms with Crippen LogP contribution in [0.3, 0.4) is 0 Å². The molecule has 7 nitrogen and oxygen atoms in total. The highest BCUT2D eigenvalue weighted by atomic mass is 16.7. The fourth-order valence-electron chi connectivity index (χ4n) is 3.97. The Hall–Kier alpha value is -3.58. The Kier molecular flexibility index (Phi) is 4.10. The van der Waals surface area contributed by atoms with Gasteiger partial charge in [-0.15, -0.1) is 0 Å². The molecule has 0 unspecified atom stereocenters. The molecule has 3 atom stereocenters. The van der Waals surface area contributed by atoms with Gasteiger partial charge in [-0.05, 0) is 36.4 Å². The number of hydrogen-bond donors (Lipinski definition) is 0. The highest BCUT2D eigenvalue weighted by molar-refractivity contribution is 6.24. The van der Waals surface area contributed by atoms with Crippen LogP contribution < -0.4 is 14.7 Å². The van der Waals surface area contributed by atoms with Gasteiger partial charge in [-0.1, -0.05) is 24.3 Å². The molecule has 0 bridgehead atoms. The van der Waals surface area contributed by atoms with E-state index in [4.69, 9.17) is 14.0 Å². The van der Waals surface area contributed by atoms with Crippen LogP contribution in [0.15, 0.2) is 77.4 Å². The SMILES string of the molecule is COc1cccc(N2C(=O)[C@@H]3[C@@H](c4ccco4)N(c4ccccc4)O[C@H]3C2=O)c1. The van der Waals surface area contributed by atoms with Crippen molar-refractivity contribution >= 4 is 23.2 Å². The molecule has 5 rings (SSSR count). The lowest BCUT2D eigenvalue weighted by Gasteiger charge is -2.27. The number of ether oxygens (including phenoxy) is 1. The number of furan rings is 1. The Morgan fingerprint density at radius 2 is 1.69 bits per heavy atom. The molecule has 29 heavy (non-hydrogen) atoms. The molecular weight excluding hydrogens is 372 g/mol. The molecule has 0 saturated carbocycles. The summed E-state index contributed by atoms with van der Waals surface area (Å²) in [6.07, 6.45) is 0.622. The second kappa shape index (κ2) is 6.79. The van der Waals surface area contributed by atoms with Crippen LogP contribution in [0.1, 0.15) is 11.8 Å². The third-order valence-corrected chi connectivity index (χ3v) is 5.27. The molecule has 2 aliphatic rings. The zero-order chi connectivity index (χ0) is 20.0. The number of nitrogens with zero attached hydrogens (tertiary/aromatic N) is 2. The van der Waals surface area contributed by atoms with E-state index in [0.29, 0.717) is 17.2 Å². The van der Waals surface area contributed by atoms with E-state index in [9.17, 15) is 9.59 Å². The minimum atomic E-state index is -0.927. The van der Waals surface area contributed by atoms with Crippen LogP contribution in [-0.2, 0) is 14.4 Å². The number of carbonyl (C=O) groups is 2. The van der Waals surface area contributed by atoms with E-state index >= 15 is 0 Å². The van der Waals surface area contributed by atoms with Gasteiger partial charge in [0.15, 0.2) is 6.10 Å². The summed E-state index contributed by atoms with van der Waals surface area (Å²) in [7, 11) is 1.54. The number of imide groups is 1. The van der Waals surface area contributed by atoms with Crippen LogP contribution >= 0.6 is 0 Å². The topological polar surface area (TPSA) is 72.2 Å². The zero-order valence-corrected chi connectivity index (χ0v) is 15.6. The van der Waals surface area contributed by atoms with Gasteiger partial charge in [0.05, 0.1) is 24.7 Å². The number of rotatable bonds is 4. The molecule has 146 valence electrons. The molecule has 2 saturated heterocycles. The van der Waals surface area contributed by atoms with Crippen molar-refractivity contribution in [3.05, 3.63) is 78.8 Å². The first-order valence-electron chi connectivity index (χ1n) is 9.25. The van der Waals surface area contributed by atoms with Crippen molar-refractivity contribution in [3.8, 4) is 5.75 Å². The lowest BCUT2D eigenvalue weighted by Crippen LogP contribution is -2.37. The maximum absolute atomic E-state index is 13.4. The Balaban J connectivity index is 1.56. The molecule has 0 aliphatic carbocycles. The molecule has 3 aromatic rings. The standard InChI is InChI=1S/C22H18N2O5/c1-27-16-10-5-9-15(13-16)23-21(25)18-19(17-11-6-12-28-17)24(29-20(18)22(23)26)14-7-3-2-4-8-14/h2-13,18-20H,1H3/t18-,19-,20-/m1/s1. The average Bonchev–Trinajstić information content (AvgIpc) is 3.46. The van der Waals surface area contributed by atoms with Crippen LogP contribution in [0, 0.1) is 5.92 Å². The molecule has 0 spiro atoms. The summed E-state index contributed by atoms with van der Waals surface area (Å²) in [5, 5.41) is 1.60. The molecule has 2 fully saturated rings. The van der Waals surface area contributed by atoms with Crippen LogP contribution in [0.25, 0.3) is 0 Å². The fourth-order valence-corrected chi connectivity index (χ4v) is 3.97. The van der Waals surface area contributed by atoms with Crippen molar-refractivity contribution in [2.75, 3.05) is 17.1 Å². The Morgan fingerprint density at radius 3 is 2.41 bits per heavy atom. The second-order valence-corrected chi connectivity index (χ2v) is 6.89. The molecule has 0 radical (unpaired) electrons. The minimum absolute atomic E-state index is 0.326. The maximum Gasteiger partial charge on any atom is 0.266 e. The van der Waals surface area contributed by atoms with E-state index < -0.39 is 24.0 Å². The lowest BCUT2D eigenvalue weighted by molar-refractivity contribution is -0.126. The van der Waals surface area contributed by atoms with Gasteiger partial charge in [0, 0.05) is 6.07 Å². The Bertz CT molecular complexity index is 1050. The minimum Gasteiger partial charge on any atom is -0.497 e. The maximum atomic E-state index is 13.4. The number of benzene rings is 2. The zero-order valence-electron chi connectivity index (χ0n) is 15.6. The van der Waals surface area contributed by atoms with E-state index in [1.54, 1.807) is 47.7 Å². The van der Waals surface area contributed by atoms with Crippen LogP contribution in [0.4, 0.5) is 11.4 Å². The van der Waals surface area contributed by atoms with Gasteiger partial charge >= 0.3 is 0 Å². The lowest BCUT2D eigenvalue weighted by atomic mass is 9.94.